The van der Waals surface area contributed by atoms with Gasteiger partial charge in [-0.1, -0.05) is 36.0 Å². The van der Waals surface area contributed by atoms with E-state index >= 15 is 0 Å². The number of ketones is 1. The largest absolute Gasteiger partial charge is 0.465 e. The van der Waals surface area contributed by atoms with Crippen molar-refractivity contribution in [1.29, 1.82) is 0 Å². The summed E-state index contributed by atoms with van der Waals surface area (Å²) in [5.74, 6) is -0.553. The van der Waals surface area contributed by atoms with E-state index in [2.05, 4.69) is 11.0 Å². The number of hydrogen-bond donors (Lipinski definition) is 0. The molecule has 1 saturated heterocycles. The summed E-state index contributed by atoms with van der Waals surface area (Å²) in [5.41, 5.74) is 1.46. The molecule has 1 heterocycles. The maximum atomic E-state index is 14.8. The molecule has 2 unspecified atom stereocenters. The molecule has 6 nitrogen and oxygen atoms in total. The van der Waals surface area contributed by atoms with Crippen molar-refractivity contribution in [2.45, 2.75) is 64.3 Å². The number of hydrogen-bond acceptors (Lipinski definition) is 7. The molecule has 1 aliphatic carbocycles. The van der Waals surface area contributed by atoms with Crippen molar-refractivity contribution in [1.82, 2.24) is 9.80 Å². The zero-order valence-corrected chi connectivity index (χ0v) is 22.0. The van der Waals surface area contributed by atoms with E-state index in [1.807, 2.05) is 18.7 Å². The number of thioether (sulfide) groups is 1. The molecule has 0 amide bonds. The van der Waals surface area contributed by atoms with Gasteiger partial charge in [0.25, 0.3) is 0 Å². The minimum atomic E-state index is -0.629. The van der Waals surface area contributed by atoms with E-state index in [9.17, 15) is 18.8 Å². The predicted molar refractivity (Wildman–Crippen MR) is 137 cm³/mol. The highest BCUT2D eigenvalue weighted by Gasteiger charge is 2.41. The fourth-order valence-electron chi connectivity index (χ4n) is 4.52. The molecule has 35 heavy (non-hydrogen) atoms. The topological polar surface area (TPSA) is 66.9 Å². The van der Waals surface area contributed by atoms with Crippen LogP contribution in [0.15, 0.2) is 35.9 Å². The number of likely N-dealkylation sites (tertiary alicyclic amines) is 1. The Morgan fingerprint density at radius 2 is 1.94 bits per heavy atom. The van der Waals surface area contributed by atoms with Gasteiger partial charge in [0, 0.05) is 49.3 Å². The molecule has 0 N–H and O–H groups in total. The van der Waals surface area contributed by atoms with Gasteiger partial charge in [0.1, 0.15) is 5.82 Å². The van der Waals surface area contributed by atoms with Gasteiger partial charge in [0.2, 0.25) is 0 Å². The van der Waals surface area contributed by atoms with Crippen LogP contribution < -0.4 is 0 Å². The maximum Gasteiger partial charge on any atom is 0.320 e. The molecule has 1 aromatic carbocycles. The number of benzene rings is 1. The Labute approximate surface area is 212 Å². The van der Waals surface area contributed by atoms with Gasteiger partial charge in [-0.3, -0.25) is 24.2 Å². The number of Topliss-reactive ketones (excluding diaryl/α,β-unsaturated/α-hetero) is 1. The average molecular weight is 505 g/mol. The number of esters is 1. The molecule has 0 bridgehead atoms. The highest BCUT2D eigenvalue weighted by Crippen LogP contribution is 2.40. The van der Waals surface area contributed by atoms with E-state index in [0.717, 1.165) is 18.4 Å². The summed E-state index contributed by atoms with van der Waals surface area (Å²) >= 11 is 1.30. The molecule has 1 saturated carbocycles. The van der Waals surface area contributed by atoms with Crippen molar-refractivity contribution in [2.24, 2.45) is 5.92 Å². The van der Waals surface area contributed by atoms with E-state index in [1.165, 1.54) is 17.8 Å². The Kier molecular flexibility index (Phi) is 10.1. The number of halogens is 1. The SMILES string of the molecule is CCOC(=O)CN(CC=C1CN(C(C(=O)C2CC2)c2ccccc2F)CCC1SC(C)=O)C(C)C. The number of piperidine rings is 1. The minimum absolute atomic E-state index is 0.00217. The lowest BCUT2D eigenvalue weighted by atomic mass is 9.93. The highest BCUT2D eigenvalue weighted by molar-refractivity contribution is 8.14. The predicted octanol–water partition coefficient (Wildman–Crippen LogP) is 4.40. The summed E-state index contributed by atoms with van der Waals surface area (Å²) in [5, 5.41) is 0.0407. The molecule has 0 aromatic heterocycles. The monoisotopic (exact) mass is 504 g/mol. The summed E-state index contributed by atoms with van der Waals surface area (Å²) in [6.07, 6.45) is 4.49. The fourth-order valence-corrected chi connectivity index (χ4v) is 5.46. The van der Waals surface area contributed by atoms with E-state index in [-0.39, 0.29) is 46.4 Å². The second kappa shape index (κ2) is 12.8. The maximum absolute atomic E-state index is 14.8. The molecule has 1 aromatic rings. The molecule has 0 radical (unpaired) electrons. The van der Waals surface area contributed by atoms with Crippen LogP contribution >= 0.6 is 11.8 Å². The third-order valence-electron chi connectivity index (χ3n) is 6.56. The smallest absolute Gasteiger partial charge is 0.320 e. The lowest BCUT2D eigenvalue weighted by Gasteiger charge is -2.39. The zero-order chi connectivity index (χ0) is 25.5. The second-order valence-electron chi connectivity index (χ2n) is 9.57. The Morgan fingerprint density at radius 1 is 1.23 bits per heavy atom. The Bertz CT molecular complexity index is 947. The molecule has 1 aliphatic heterocycles. The summed E-state index contributed by atoms with van der Waals surface area (Å²) in [4.78, 5) is 41.4. The molecule has 2 aliphatic rings. The number of ether oxygens (including phenoxy) is 1. The van der Waals surface area contributed by atoms with Crippen LogP contribution in [0.3, 0.4) is 0 Å². The number of nitrogens with zero attached hydrogens (tertiary/aromatic N) is 2. The molecule has 0 spiro atoms. The summed E-state index contributed by atoms with van der Waals surface area (Å²) in [6.45, 7) is 9.53. The van der Waals surface area contributed by atoms with Crippen molar-refractivity contribution in [3.8, 4) is 0 Å². The van der Waals surface area contributed by atoms with Gasteiger partial charge in [-0.05, 0) is 51.7 Å². The van der Waals surface area contributed by atoms with Crippen LogP contribution in [-0.2, 0) is 19.1 Å². The minimum Gasteiger partial charge on any atom is -0.465 e. The third-order valence-corrected chi connectivity index (χ3v) is 7.71. The number of rotatable bonds is 11. The van der Waals surface area contributed by atoms with Crippen LogP contribution in [0.25, 0.3) is 0 Å². The first-order valence-corrected chi connectivity index (χ1v) is 13.4. The molecule has 192 valence electrons. The van der Waals surface area contributed by atoms with E-state index in [0.29, 0.717) is 38.2 Å². The van der Waals surface area contributed by atoms with Crippen LogP contribution in [0, 0.1) is 11.7 Å². The Hall–Kier alpha value is -2.03. The van der Waals surface area contributed by atoms with Crippen LogP contribution in [0.5, 0.6) is 0 Å². The van der Waals surface area contributed by atoms with E-state index < -0.39 is 6.04 Å². The molecular formula is C27H37FN2O4S. The van der Waals surface area contributed by atoms with Crippen molar-refractivity contribution in [3.63, 3.8) is 0 Å². The third kappa shape index (κ3) is 7.72. The van der Waals surface area contributed by atoms with Crippen molar-refractivity contribution in [3.05, 3.63) is 47.3 Å². The lowest BCUT2D eigenvalue weighted by molar-refractivity contribution is -0.144. The van der Waals surface area contributed by atoms with Crippen molar-refractivity contribution < 1.29 is 23.5 Å². The second-order valence-corrected chi connectivity index (χ2v) is 10.9. The van der Waals surface area contributed by atoms with Crippen molar-refractivity contribution >= 4 is 28.6 Å². The highest BCUT2D eigenvalue weighted by atomic mass is 32.2. The first-order chi connectivity index (χ1) is 16.7. The zero-order valence-electron chi connectivity index (χ0n) is 21.2. The van der Waals surface area contributed by atoms with Crippen molar-refractivity contribution in [2.75, 3.05) is 32.8 Å². The van der Waals surface area contributed by atoms with Crippen LogP contribution in [0.1, 0.15) is 58.6 Å². The average Bonchev–Trinajstić information content (AvgIpc) is 3.64. The molecule has 3 rings (SSSR count). The van der Waals surface area contributed by atoms with E-state index in [4.69, 9.17) is 4.74 Å². The molecule has 8 heteroatoms. The van der Waals surface area contributed by atoms with Crippen LogP contribution in [0.4, 0.5) is 4.39 Å². The van der Waals surface area contributed by atoms with Gasteiger partial charge in [-0.2, -0.15) is 0 Å². The summed E-state index contributed by atoms with van der Waals surface area (Å²) in [7, 11) is 0. The summed E-state index contributed by atoms with van der Waals surface area (Å²) < 4.78 is 19.9. The first-order valence-electron chi connectivity index (χ1n) is 12.5. The Balaban J connectivity index is 1.86. The Morgan fingerprint density at radius 3 is 2.54 bits per heavy atom. The quantitative estimate of drug-likeness (QED) is 0.327. The van der Waals surface area contributed by atoms with Crippen LogP contribution in [-0.4, -0.2) is 70.7 Å². The molecule has 2 fully saturated rings. The van der Waals surface area contributed by atoms with Gasteiger partial charge in [0.15, 0.2) is 10.9 Å². The summed E-state index contributed by atoms with van der Waals surface area (Å²) in [6, 6.07) is 6.03. The normalized spacial score (nSPS) is 20.9. The van der Waals surface area contributed by atoms with Gasteiger partial charge in [-0.15, -0.1) is 0 Å². The molecule has 2 atom stereocenters. The standard InChI is InChI=1S/C27H37FN2O4S/c1-5-34-25(32)17-29(18(2)3)14-12-21-16-30(15-13-24(21)35-19(4)31)26(27(33)20-10-11-20)22-8-6-7-9-23(22)28/h6-9,12,18,20,24,26H,5,10-11,13-17H2,1-4H3. The number of carbonyl (C=O) groups excluding carboxylic acids is 3. The number of carbonyl (C=O) groups is 3. The van der Waals surface area contributed by atoms with Gasteiger partial charge >= 0.3 is 5.97 Å². The molecular weight excluding hydrogens is 467 g/mol. The lowest BCUT2D eigenvalue weighted by Crippen LogP contribution is -2.44. The van der Waals surface area contributed by atoms with Gasteiger partial charge < -0.3 is 4.74 Å². The van der Waals surface area contributed by atoms with E-state index in [1.54, 1.807) is 32.0 Å². The van der Waals surface area contributed by atoms with Gasteiger partial charge in [0.05, 0.1) is 19.2 Å². The van der Waals surface area contributed by atoms with Crippen LogP contribution in [0.2, 0.25) is 0 Å². The fraction of sp³-hybridized carbons (Fsp3) is 0.593. The van der Waals surface area contributed by atoms with Gasteiger partial charge in [-0.25, -0.2) is 4.39 Å². The first kappa shape index (κ1) is 27.6.